The molecular formula is C15H15NO2. The fourth-order valence-corrected chi connectivity index (χ4v) is 2.03. The number of amides is 1. The van der Waals surface area contributed by atoms with Gasteiger partial charge in [0.05, 0.1) is 0 Å². The van der Waals surface area contributed by atoms with E-state index in [1.807, 2.05) is 32.0 Å². The quantitative estimate of drug-likeness (QED) is 0.875. The van der Waals surface area contributed by atoms with Gasteiger partial charge in [-0.3, -0.25) is 0 Å². The van der Waals surface area contributed by atoms with E-state index in [-0.39, 0.29) is 0 Å². The molecule has 3 nitrogen and oxygen atoms in total. The number of rotatable bonds is 2. The summed E-state index contributed by atoms with van der Waals surface area (Å²) in [5.41, 5.74) is 9.28. The fraction of sp³-hybridized carbons (Fsp3) is 0.133. The van der Waals surface area contributed by atoms with E-state index in [9.17, 15) is 4.79 Å². The van der Waals surface area contributed by atoms with Crippen LogP contribution in [0.2, 0.25) is 0 Å². The summed E-state index contributed by atoms with van der Waals surface area (Å²) < 4.78 is 5.02. The number of benzene rings is 2. The minimum Gasteiger partial charge on any atom is -0.410 e. The van der Waals surface area contributed by atoms with Crippen molar-refractivity contribution in [1.29, 1.82) is 0 Å². The summed E-state index contributed by atoms with van der Waals surface area (Å²) in [6, 6.07) is 13.6. The van der Waals surface area contributed by atoms with Crippen LogP contribution in [0, 0.1) is 13.8 Å². The second kappa shape index (κ2) is 4.92. The third kappa shape index (κ3) is 2.69. The molecule has 2 N–H and O–H groups in total. The lowest BCUT2D eigenvalue weighted by molar-refractivity contribution is 0.211. The van der Waals surface area contributed by atoms with Crippen LogP contribution in [-0.2, 0) is 0 Å². The second-order valence-electron chi connectivity index (χ2n) is 4.29. The second-order valence-corrected chi connectivity index (χ2v) is 4.29. The standard InChI is InChI=1S/C15H15NO2/c1-10-7-11(2)9-12(8-10)13-5-3-4-6-14(13)18-15(16)17/h3-9H,1-2H3,(H2,16,17). The Kier molecular flexibility index (Phi) is 3.33. The Morgan fingerprint density at radius 1 is 1.06 bits per heavy atom. The number of para-hydroxylation sites is 1. The van der Waals surface area contributed by atoms with Crippen molar-refractivity contribution in [3.8, 4) is 16.9 Å². The average Bonchev–Trinajstić information content (AvgIpc) is 2.27. The number of nitrogens with two attached hydrogens (primary N) is 1. The number of carbonyl (C=O) groups excluding carboxylic acids is 1. The summed E-state index contributed by atoms with van der Waals surface area (Å²) in [4.78, 5) is 10.9. The summed E-state index contributed by atoms with van der Waals surface area (Å²) >= 11 is 0. The predicted molar refractivity (Wildman–Crippen MR) is 71.6 cm³/mol. The number of carbonyl (C=O) groups is 1. The Balaban J connectivity index is 2.52. The normalized spacial score (nSPS) is 10.1. The molecule has 92 valence electrons. The Hall–Kier alpha value is -2.29. The van der Waals surface area contributed by atoms with Crippen LogP contribution in [0.15, 0.2) is 42.5 Å². The van der Waals surface area contributed by atoms with Crippen molar-refractivity contribution >= 4 is 6.09 Å². The maximum Gasteiger partial charge on any atom is 0.409 e. The summed E-state index contributed by atoms with van der Waals surface area (Å²) in [5.74, 6) is 0.481. The zero-order valence-corrected chi connectivity index (χ0v) is 10.4. The highest BCUT2D eigenvalue weighted by atomic mass is 16.5. The highest BCUT2D eigenvalue weighted by molar-refractivity contribution is 5.76. The summed E-state index contributed by atoms with van der Waals surface area (Å²) in [5, 5.41) is 0. The Morgan fingerprint density at radius 2 is 1.67 bits per heavy atom. The van der Waals surface area contributed by atoms with Crippen molar-refractivity contribution in [2.75, 3.05) is 0 Å². The molecule has 2 aromatic rings. The monoisotopic (exact) mass is 241 g/mol. The molecule has 0 atom stereocenters. The van der Waals surface area contributed by atoms with Gasteiger partial charge >= 0.3 is 6.09 Å². The Bertz CT molecular complexity index is 571. The fourth-order valence-electron chi connectivity index (χ4n) is 2.03. The van der Waals surface area contributed by atoms with E-state index in [4.69, 9.17) is 10.5 Å². The van der Waals surface area contributed by atoms with Gasteiger partial charge in [0, 0.05) is 5.56 Å². The highest BCUT2D eigenvalue weighted by Gasteiger charge is 2.08. The summed E-state index contributed by atoms with van der Waals surface area (Å²) in [6.45, 7) is 4.07. The van der Waals surface area contributed by atoms with Crippen LogP contribution in [0.3, 0.4) is 0 Å². The van der Waals surface area contributed by atoms with Crippen molar-refractivity contribution in [3.63, 3.8) is 0 Å². The van der Waals surface area contributed by atoms with Crippen molar-refractivity contribution in [2.45, 2.75) is 13.8 Å². The van der Waals surface area contributed by atoms with Gasteiger partial charge in [0.1, 0.15) is 5.75 Å². The first-order chi connectivity index (χ1) is 8.56. The van der Waals surface area contributed by atoms with Crippen molar-refractivity contribution in [2.24, 2.45) is 5.73 Å². The van der Waals surface area contributed by atoms with Crippen LogP contribution < -0.4 is 10.5 Å². The molecule has 0 spiro atoms. The summed E-state index contributed by atoms with van der Waals surface area (Å²) in [6.07, 6.45) is -0.799. The lowest BCUT2D eigenvalue weighted by Gasteiger charge is -2.10. The highest BCUT2D eigenvalue weighted by Crippen LogP contribution is 2.31. The number of hydrogen-bond donors (Lipinski definition) is 1. The molecular weight excluding hydrogens is 226 g/mol. The van der Waals surface area contributed by atoms with Crippen molar-refractivity contribution in [1.82, 2.24) is 0 Å². The molecule has 1 amide bonds. The van der Waals surface area contributed by atoms with Crippen LogP contribution in [0.25, 0.3) is 11.1 Å². The lowest BCUT2D eigenvalue weighted by atomic mass is 10.00. The maximum absolute atomic E-state index is 10.9. The molecule has 0 bridgehead atoms. The van der Waals surface area contributed by atoms with E-state index in [1.165, 1.54) is 11.1 Å². The molecule has 0 unspecified atom stereocenters. The molecule has 2 aromatic carbocycles. The van der Waals surface area contributed by atoms with Gasteiger partial charge in [-0.15, -0.1) is 0 Å². The lowest BCUT2D eigenvalue weighted by Crippen LogP contribution is -2.16. The van der Waals surface area contributed by atoms with E-state index in [2.05, 4.69) is 18.2 Å². The number of primary amides is 1. The zero-order valence-electron chi connectivity index (χ0n) is 10.4. The molecule has 2 rings (SSSR count). The Labute approximate surface area is 106 Å². The van der Waals surface area contributed by atoms with Gasteiger partial charge in [-0.05, 0) is 25.5 Å². The van der Waals surface area contributed by atoms with Crippen LogP contribution >= 0.6 is 0 Å². The van der Waals surface area contributed by atoms with Gasteiger partial charge in [0.25, 0.3) is 0 Å². The van der Waals surface area contributed by atoms with Crippen LogP contribution in [-0.4, -0.2) is 6.09 Å². The van der Waals surface area contributed by atoms with Crippen LogP contribution in [0.4, 0.5) is 4.79 Å². The van der Waals surface area contributed by atoms with Crippen molar-refractivity contribution < 1.29 is 9.53 Å². The number of aryl methyl sites for hydroxylation is 2. The van der Waals surface area contributed by atoms with E-state index < -0.39 is 6.09 Å². The SMILES string of the molecule is Cc1cc(C)cc(-c2ccccc2OC(N)=O)c1. The van der Waals surface area contributed by atoms with E-state index in [0.29, 0.717) is 5.75 Å². The van der Waals surface area contributed by atoms with E-state index in [1.54, 1.807) is 6.07 Å². The first kappa shape index (κ1) is 12.2. The van der Waals surface area contributed by atoms with Gasteiger partial charge in [-0.25, -0.2) is 4.79 Å². The molecule has 3 heteroatoms. The first-order valence-electron chi connectivity index (χ1n) is 5.71. The van der Waals surface area contributed by atoms with E-state index in [0.717, 1.165) is 11.1 Å². The molecule has 18 heavy (non-hydrogen) atoms. The van der Waals surface area contributed by atoms with Crippen molar-refractivity contribution in [3.05, 3.63) is 53.6 Å². The van der Waals surface area contributed by atoms with Gasteiger partial charge in [0.15, 0.2) is 0 Å². The molecule has 0 radical (unpaired) electrons. The van der Waals surface area contributed by atoms with Gasteiger partial charge < -0.3 is 10.5 Å². The van der Waals surface area contributed by atoms with Gasteiger partial charge in [-0.2, -0.15) is 0 Å². The Morgan fingerprint density at radius 3 is 2.28 bits per heavy atom. The van der Waals surface area contributed by atoms with E-state index >= 15 is 0 Å². The predicted octanol–water partition coefficient (Wildman–Crippen LogP) is 3.43. The number of ether oxygens (including phenoxy) is 1. The third-order valence-corrected chi connectivity index (χ3v) is 2.63. The first-order valence-corrected chi connectivity index (χ1v) is 5.71. The smallest absolute Gasteiger partial charge is 0.409 e. The average molecular weight is 241 g/mol. The topological polar surface area (TPSA) is 52.3 Å². The zero-order chi connectivity index (χ0) is 13.1. The molecule has 0 heterocycles. The van der Waals surface area contributed by atoms with Gasteiger partial charge in [-0.1, -0.05) is 47.5 Å². The molecule has 0 saturated carbocycles. The molecule has 0 aliphatic heterocycles. The minimum absolute atomic E-state index is 0.481. The van der Waals surface area contributed by atoms with Crippen LogP contribution in [0.5, 0.6) is 5.75 Å². The maximum atomic E-state index is 10.9. The van der Waals surface area contributed by atoms with Gasteiger partial charge in [0.2, 0.25) is 0 Å². The molecule has 0 aliphatic carbocycles. The molecule has 0 aliphatic rings. The van der Waals surface area contributed by atoms with Crippen LogP contribution in [0.1, 0.15) is 11.1 Å². The third-order valence-electron chi connectivity index (χ3n) is 2.63. The minimum atomic E-state index is -0.799. The molecule has 0 aromatic heterocycles. The summed E-state index contributed by atoms with van der Waals surface area (Å²) in [7, 11) is 0. The largest absolute Gasteiger partial charge is 0.410 e. The molecule has 0 fully saturated rings. The number of hydrogen-bond acceptors (Lipinski definition) is 2. The molecule has 0 saturated heterocycles.